The van der Waals surface area contributed by atoms with Crippen molar-refractivity contribution in [1.82, 2.24) is 4.57 Å². The third-order valence-electron chi connectivity index (χ3n) is 4.23. The molecule has 0 aliphatic heterocycles. The Kier molecular flexibility index (Phi) is 5.02. The average Bonchev–Trinajstić information content (AvgIpc) is 2.90. The van der Waals surface area contributed by atoms with Gasteiger partial charge in [0.2, 0.25) is 0 Å². The van der Waals surface area contributed by atoms with E-state index < -0.39 is 17.6 Å². The number of anilines is 1. The van der Waals surface area contributed by atoms with Gasteiger partial charge in [0.25, 0.3) is 5.91 Å². The molecule has 140 valence electrons. The van der Waals surface area contributed by atoms with E-state index in [1.807, 2.05) is 0 Å². The zero-order valence-corrected chi connectivity index (χ0v) is 15.3. The molecule has 1 amide bonds. The van der Waals surface area contributed by atoms with Crippen LogP contribution in [0.15, 0.2) is 54.6 Å². The van der Waals surface area contributed by atoms with Crippen molar-refractivity contribution in [1.29, 1.82) is 0 Å². The molecule has 0 spiro atoms. The first kappa shape index (κ1) is 19.0. The summed E-state index contributed by atoms with van der Waals surface area (Å²) in [5.41, 5.74) is 1.05. The predicted molar refractivity (Wildman–Crippen MR) is 99.7 cm³/mol. The minimum absolute atomic E-state index is 0.00876. The van der Waals surface area contributed by atoms with Crippen LogP contribution in [-0.4, -0.2) is 10.5 Å². The molecule has 0 unspecified atom stereocenters. The summed E-state index contributed by atoms with van der Waals surface area (Å²) >= 11 is 5.83. The minimum Gasteiger partial charge on any atom is -0.322 e. The van der Waals surface area contributed by atoms with Crippen molar-refractivity contribution in [3.05, 3.63) is 82.1 Å². The molecular weight excluding hydrogens is 377 g/mol. The number of carbonyl (C=O) groups is 1. The number of aromatic nitrogens is 1. The summed E-state index contributed by atoms with van der Waals surface area (Å²) in [5, 5.41) is 3.27. The summed E-state index contributed by atoms with van der Waals surface area (Å²) in [6, 6.07) is 13.5. The van der Waals surface area contributed by atoms with Crippen molar-refractivity contribution in [2.45, 2.75) is 20.0 Å². The van der Waals surface area contributed by atoms with Crippen molar-refractivity contribution in [2.24, 2.45) is 0 Å². The molecule has 3 nitrogen and oxygen atoms in total. The molecule has 0 aliphatic carbocycles. The Labute approximate surface area is 159 Å². The van der Waals surface area contributed by atoms with Gasteiger partial charge in [0.1, 0.15) is 0 Å². The van der Waals surface area contributed by atoms with Gasteiger partial charge in [-0.1, -0.05) is 23.7 Å². The number of carbonyl (C=O) groups excluding carboxylic acids is 1. The number of alkyl halides is 3. The lowest BCUT2D eigenvalue weighted by atomic mass is 10.1. The summed E-state index contributed by atoms with van der Waals surface area (Å²) < 4.78 is 41.6. The molecule has 0 fully saturated rings. The molecule has 7 heteroatoms. The molecule has 27 heavy (non-hydrogen) atoms. The fourth-order valence-electron chi connectivity index (χ4n) is 3.00. The maximum absolute atomic E-state index is 13.4. The fraction of sp³-hybridized carbons (Fsp3) is 0.150. The first-order chi connectivity index (χ1) is 12.7. The Hall–Kier alpha value is -2.73. The van der Waals surface area contributed by atoms with Crippen molar-refractivity contribution >= 4 is 23.2 Å². The van der Waals surface area contributed by atoms with Crippen LogP contribution in [0.5, 0.6) is 0 Å². The molecule has 1 aromatic heterocycles. The number of hydrogen-bond acceptors (Lipinski definition) is 1. The van der Waals surface area contributed by atoms with Crippen LogP contribution in [0.3, 0.4) is 0 Å². The van der Waals surface area contributed by atoms with Crippen LogP contribution in [0.4, 0.5) is 18.9 Å². The van der Waals surface area contributed by atoms with E-state index in [-0.39, 0.29) is 5.69 Å². The summed E-state index contributed by atoms with van der Waals surface area (Å²) in [7, 11) is 0. The smallest absolute Gasteiger partial charge is 0.322 e. The van der Waals surface area contributed by atoms with Gasteiger partial charge < -0.3 is 9.88 Å². The molecular formula is C20H16ClF3N2O. The lowest BCUT2D eigenvalue weighted by Crippen LogP contribution is -2.14. The standard InChI is InChI=1S/C20H16ClF3N2O/c1-12-11-16(19(27)25-15-9-7-14(21)8-10-15)13(2)26(12)18-6-4-3-5-17(18)20(22,23)24/h3-11H,1-2H3,(H,25,27). The van der Waals surface area contributed by atoms with Crippen LogP contribution in [0.1, 0.15) is 27.3 Å². The number of amides is 1. The molecule has 0 bridgehead atoms. The Morgan fingerprint density at radius 3 is 2.30 bits per heavy atom. The van der Waals surface area contributed by atoms with Crippen molar-refractivity contribution in [2.75, 3.05) is 5.32 Å². The highest BCUT2D eigenvalue weighted by Crippen LogP contribution is 2.35. The molecule has 1 heterocycles. The number of nitrogens with zero attached hydrogens (tertiary/aromatic N) is 1. The molecule has 0 saturated heterocycles. The molecule has 0 atom stereocenters. The van der Waals surface area contributed by atoms with E-state index in [4.69, 9.17) is 11.6 Å². The molecule has 0 radical (unpaired) electrons. The van der Waals surface area contributed by atoms with Crippen LogP contribution >= 0.6 is 11.6 Å². The van der Waals surface area contributed by atoms with E-state index in [0.29, 0.717) is 27.7 Å². The highest BCUT2D eigenvalue weighted by Gasteiger charge is 2.34. The summed E-state index contributed by atoms with van der Waals surface area (Å²) in [4.78, 5) is 12.6. The molecule has 0 saturated carbocycles. The monoisotopic (exact) mass is 392 g/mol. The van der Waals surface area contributed by atoms with E-state index in [2.05, 4.69) is 5.32 Å². The zero-order valence-electron chi connectivity index (χ0n) is 14.6. The largest absolute Gasteiger partial charge is 0.418 e. The summed E-state index contributed by atoms with van der Waals surface area (Å²) in [6.45, 7) is 3.29. The topological polar surface area (TPSA) is 34.0 Å². The van der Waals surface area contributed by atoms with Gasteiger partial charge in [0.05, 0.1) is 16.8 Å². The van der Waals surface area contributed by atoms with E-state index >= 15 is 0 Å². The highest BCUT2D eigenvalue weighted by atomic mass is 35.5. The van der Waals surface area contributed by atoms with Crippen LogP contribution in [0, 0.1) is 13.8 Å². The van der Waals surface area contributed by atoms with Gasteiger partial charge in [-0.05, 0) is 56.3 Å². The number of rotatable bonds is 3. The number of aryl methyl sites for hydroxylation is 1. The molecule has 3 aromatic rings. The van der Waals surface area contributed by atoms with Crippen LogP contribution < -0.4 is 5.32 Å². The summed E-state index contributed by atoms with van der Waals surface area (Å²) in [6.07, 6.45) is -4.49. The summed E-state index contributed by atoms with van der Waals surface area (Å²) in [5.74, 6) is -0.402. The lowest BCUT2D eigenvalue weighted by molar-refractivity contribution is -0.137. The van der Waals surface area contributed by atoms with Crippen LogP contribution in [0.25, 0.3) is 5.69 Å². The van der Waals surface area contributed by atoms with Crippen molar-refractivity contribution in [3.63, 3.8) is 0 Å². The third kappa shape index (κ3) is 3.85. The molecule has 0 aliphatic rings. The number of para-hydroxylation sites is 1. The van der Waals surface area contributed by atoms with Crippen LogP contribution in [0.2, 0.25) is 5.02 Å². The van der Waals surface area contributed by atoms with Crippen molar-refractivity contribution < 1.29 is 18.0 Å². The second-order valence-corrected chi connectivity index (χ2v) is 6.53. The van der Waals surface area contributed by atoms with Gasteiger partial charge >= 0.3 is 6.18 Å². The van der Waals surface area contributed by atoms with E-state index in [1.165, 1.54) is 22.8 Å². The Morgan fingerprint density at radius 1 is 1.04 bits per heavy atom. The quantitative estimate of drug-likeness (QED) is 0.581. The minimum atomic E-state index is -4.49. The Balaban J connectivity index is 2.01. The van der Waals surface area contributed by atoms with E-state index in [1.54, 1.807) is 44.2 Å². The first-order valence-electron chi connectivity index (χ1n) is 8.11. The third-order valence-corrected chi connectivity index (χ3v) is 4.48. The fourth-order valence-corrected chi connectivity index (χ4v) is 3.13. The highest BCUT2D eigenvalue weighted by molar-refractivity contribution is 6.30. The van der Waals surface area contributed by atoms with Gasteiger partial charge in [0, 0.05) is 22.1 Å². The molecule has 1 N–H and O–H groups in total. The maximum Gasteiger partial charge on any atom is 0.418 e. The van der Waals surface area contributed by atoms with Gasteiger partial charge in [0.15, 0.2) is 0 Å². The second kappa shape index (κ2) is 7.12. The number of nitrogens with one attached hydrogen (secondary N) is 1. The van der Waals surface area contributed by atoms with E-state index in [0.717, 1.165) is 6.07 Å². The molecule has 2 aromatic carbocycles. The first-order valence-corrected chi connectivity index (χ1v) is 8.48. The van der Waals surface area contributed by atoms with Crippen molar-refractivity contribution in [3.8, 4) is 5.69 Å². The normalized spacial score (nSPS) is 11.5. The van der Waals surface area contributed by atoms with Gasteiger partial charge in [-0.15, -0.1) is 0 Å². The number of hydrogen-bond donors (Lipinski definition) is 1. The lowest BCUT2D eigenvalue weighted by Gasteiger charge is -2.16. The Bertz CT molecular complexity index is 991. The SMILES string of the molecule is Cc1cc(C(=O)Nc2ccc(Cl)cc2)c(C)n1-c1ccccc1C(F)(F)F. The number of halogens is 4. The Morgan fingerprint density at radius 2 is 1.67 bits per heavy atom. The predicted octanol–water partition coefficient (Wildman–Crippen LogP) is 6.02. The molecule has 3 rings (SSSR count). The average molecular weight is 393 g/mol. The maximum atomic E-state index is 13.4. The number of benzene rings is 2. The van der Waals surface area contributed by atoms with E-state index in [9.17, 15) is 18.0 Å². The van der Waals surface area contributed by atoms with Gasteiger partial charge in [-0.2, -0.15) is 13.2 Å². The zero-order chi connectivity index (χ0) is 19.8. The van der Waals surface area contributed by atoms with Crippen LogP contribution in [-0.2, 0) is 6.18 Å². The van der Waals surface area contributed by atoms with Gasteiger partial charge in [-0.25, -0.2) is 0 Å². The second-order valence-electron chi connectivity index (χ2n) is 6.10. The van der Waals surface area contributed by atoms with Gasteiger partial charge in [-0.3, -0.25) is 4.79 Å².